The molecular formula is C20H20FN3O4S. The highest BCUT2D eigenvalue weighted by molar-refractivity contribution is 7.20. The Morgan fingerprint density at radius 3 is 3.03 bits per heavy atom. The summed E-state index contributed by atoms with van der Waals surface area (Å²) in [5.74, 6) is 0.115. The number of benzene rings is 1. The van der Waals surface area contributed by atoms with Crippen molar-refractivity contribution < 1.29 is 23.4 Å². The molecule has 1 aliphatic heterocycles. The molecule has 1 atom stereocenters. The van der Waals surface area contributed by atoms with Gasteiger partial charge in [-0.25, -0.2) is 19.2 Å². The van der Waals surface area contributed by atoms with E-state index < -0.39 is 5.82 Å². The first-order chi connectivity index (χ1) is 14.1. The monoisotopic (exact) mass is 417 g/mol. The van der Waals surface area contributed by atoms with Crippen LogP contribution in [-0.4, -0.2) is 41.9 Å². The lowest BCUT2D eigenvalue weighted by Gasteiger charge is -2.17. The highest BCUT2D eigenvalue weighted by atomic mass is 32.1. The lowest BCUT2D eigenvalue weighted by Crippen LogP contribution is -2.16. The summed E-state index contributed by atoms with van der Waals surface area (Å²) in [5.41, 5.74) is 1.31. The fourth-order valence-corrected chi connectivity index (χ4v) is 4.21. The standard InChI is InChI=1S/C20H20FN3O4S/c1-3-27-20(25)17-11(2)16-18(22-10-23-19(16)29-17)24-14-5-4-12(21)8-15(14)28-13-6-7-26-9-13/h4-5,8,10,13H,3,6-7,9H2,1-2H3,(H,22,23,24). The third-order valence-electron chi connectivity index (χ3n) is 4.57. The van der Waals surface area contributed by atoms with E-state index in [0.29, 0.717) is 46.8 Å². The van der Waals surface area contributed by atoms with Crippen molar-refractivity contribution in [3.63, 3.8) is 0 Å². The Kier molecular flexibility index (Phi) is 5.59. The average Bonchev–Trinajstić information content (AvgIpc) is 3.32. The third-order valence-corrected chi connectivity index (χ3v) is 5.75. The molecule has 3 aromatic rings. The maximum Gasteiger partial charge on any atom is 0.348 e. The molecule has 0 bridgehead atoms. The van der Waals surface area contributed by atoms with Crippen LogP contribution in [-0.2, 0) is 9.47 Å². The van der Waals surface area contributed by atoms with Gasteiger partial charge >= 0.3 is 5.97 Å². The van der Waals surface area contributed by atoms with Gasteiger partial charge in [0.1, 0.15) is 39.5 Å². The van der Waals surface area contributed by atoms with Crippen LogP contribution in [0, 0.1) is 12.7 Å². The molecule has 152 valence electrons. The Morgan fingerprint density at radius 2 is 2.28 bits per heavy atom. The zero-order valence-electron chi connectivity index (χ0n) is 16.0. The van der Waals surface area contributed by atoms with E-state index in [0.717, 1.165) is 17.4 Å². The number of halogens is 1. The number of hydrogen-bond donors (Lipinski definition) is 1. The van der Waals surface area contributed by atoms with E-state index in [9.17, 15) is 9.18 Å². The number of carbonyl (C=O) groups excluding carboxylic acids is 1. The maximum absolute atomic E-state index is 13.8. The van der Waals surface area contributed by atoms with Crippen molar-refractivity contribution in [2.45, 2.75) is 26.4 Å². The Labute approximate surface area is 170 Å². The van der Waals surface area contributed by atoms with Crippen LogP contribution >= 0.6 is 11.3 Å². The summed E-state index contributed by atoms with van der Waals surface area (Å²) in [6.07, 6.45) is 2.05. The van der Waals surface area contributed by atoms with Gasteiger partial charge < -0.3 is 19.5 Å². The summed E-state index contributed by atoms with van der Waals surface area (Å²) >= 11 is 1.26. The number of fused-ring (bicyclic) bond motifs is 1. The molecule has 1 N–H and O–H groups in total. The molecule has 1 aliphatic rings. The van der Waals surface area contributed by atoms with E-state index in [4.69, 9.17) is 14.2 Å². The first-order valence-corrected chi connectivity index (χ1v) is 10.1. The number of hydrogen-bond acceptors (Lipinski definition) is 8. The summed E-state index contributed by atoms with van der Waals surface area (Å²) in [5, 5.41) is 3.93. The van der Waals surface area contributed by atoms with Crippen LogP contribution in [0.15, 0.2) is 24.5 Å². The van der Waals surface area contributed by atoms with Crippen molar-refractivity contribution in [1.29, 1.82) is 0 Å². The summed E-state index contributed by atoms with van der Waals surface area (Å²) in [6, 6.07) is 4.29. The number of nitrogens with one attached hydrogen (secondary N) is 1. The van der Waals surface area contributed by atoms with Crippen molar-refractivity contribution >= 4 is 39.0 Å². The topological polar surface area (TPSA) is 82.6 Å². The minimum atomic E-state index is -0.395. The van der Waals surface area contributed by atoms with Crippen molar-refractivity contribution in [1.82, 2.24) is 9.97 Å². The first kappa shape index (κ1) is 19.5. The maximum atomic E-state index is 13.8. The van der Waals surface area contributed by atoms with Crippen molar-refractivity contribution in [2.24, 2.45) is 0 Å². The summed E-state index contributed by atoms with van der Waals surface area (Å²) in [6.45, 7) is 4.99. The van der Waals surface area contributed by atoms with E-state index in [1.165, 1.54) is 29.8 Å². The molecule has 9 heteroatoms. The number of carbonyl (C=O) groups is 1. The fraction of sp³-hybridized carbons (Fsp3) is 0.350. The van der Waals surface area contributed by atoms with Gasteiger partial charge in [0, 0.05) is 12.5 Å². The van der Waals surface area contributed by atoms with Gasteiger partial charge in [0.15, 0.2) is 0 Å². The van der Waals surface area contributed by atoms with E-state index in [-0.39, 0.29) is 12.1 Å². The molecule has 4 rings (SSSR count). The SMILES string of the molecule is CCOC(=O)c1sc2ncnc(Nc3ccc(F)cc3OC3CCOC3)c2c1C. The number of aromatic nitrogens is 2. The van der Waals surface area contributed by atoms with Crippen LogP contribution in [0.1, 0.15) is 28.6 Å². The molecule has 0 radical (unpaired) electrons. The Hall–Kier alpha value is -2.78. The second-order valence-electron chi connectivity index (χ2n) is 6.55. The Balaban J connectivity index is 1.70. The molecule has 29 heavy (non-hydrogen) atoms. The van der Waals surface area contributed by atoms with E-state index >= 15 is 0 Å². The van der Waals surface area contributed by atoms with Crippen molar-refractivity contribution in [3.05, 3.63) is 40.8 Å². The molecule has 7 nitrogen and oxygen atoms in total. The number of anilines is 2. The lowest BCUT2D eigenvalue weighted by atomic mass is 10.2. The molecule has 1 aromatic carbocycles. The van der Waals surface area contributed by atoms with Gasteiger partial charge in [0.2, 0.25) is 0 Å². The summed E-state index contributed by atoms with van der Waals surface area (Å²) in [7, 11) is 0. The zero-order valence-corrected chi connectivity index (χ0v) is 16.8. The molecule has 1 fully saturated rings. The molecule has 1 saturated heterocycles. The zero-order chi connectivity index (χ0) is 20.4. The molecule has 0 saturated carbocycles. The molecule has 0 amide bonds. The quantitative estimate of drug-likeness (QED) is 0.601. The van der Waals surface area contributed by atoms with Crippen LogP contribution in [0.3, 0.4) is 0 Å². The normalized spacial score (nSPS) is 16.2. The molecule has 3 heterocycles. The molecule has 1 unspecified atom stereocenters. The van der Waals surface area contributed by atoms with Gasteiger partial charge in [-0.3, -0.25) is 0 Å². The predicted octanol–water partition coefficient (Wildman–Crippen LogP) is 4.23. The second kappa shape index (κ2) is 8.30. The third kappa shape index (κ3) is 4.01. The number of rotatable bonds is 6. The van der Waals surface area contributed by atoms with Gasteiger partial charge in [0.25, 0.3) is 0 Å². The van der Waals surface area contributed by atoms with Crippen LogP contribution in [0.4, 0.5) is 15.9 Å². The first-order valence-electron chi connectivity index (χ1n) is 9.29. The molecular weight excluding hydrogens is 397 g/mol. The molecule has 2 aromatic heterocycles. The van der Waals surface area contributed by atoms with E-state index in [1.54, 1.807) is 13.0 Å². The smallest absolute Gasteiger partial charge is 0.348 e. The Bertz CT molecular complexity index is 1050. The number of ether oxygens (including phenoxy) is 3. The highest BCUT2D eigenvalue weighted by Crippen LogP contribution is 2.37. The van der Waals surface area contributed by atoms with E-state index in [2.05, 4.69) is 15.3 Å². The van der Waals surface area contributed by atoms with Gasteiger partial charge in [-0.1, -0.05) is 0 Å². The van der Waals surface area contributed by atoms with Crippen molar-refractivity contribution in [2.75, 3.05) is 25.1 Å². The van der Waals surface area contributed by atoms with Crippen LogP contribution in [0.25, 0.3) is 10.2 Å². The number of thiophene rings is 1. The van der Waals surface area contributed by atoms with Crippen LogP contribution in [0.2, 0.25) is 0 Å². The Morgan fingerprint density at radius 1 is 1.41 bits per heavy atom. The summed E-state index contributed by atoms with van der Waals surface area (Å²) in [4.78, 5) is 22.0. The molecule has 0 spiro atoms. The van der Waals surface area contributed by atoms with Crippen LogP contribution in [0.5, 0.6) is 5.75 Å². The minimum absolute atomic E-state index is 0.124. The fourth-order valence-electron chi connectivity index (χ4n) is 3.17. The number of aryl methyl sites for hydroxylation is 1. The largest absolute Gasteiger partial charge is 0.486 e. The van der Waals surface area contributed by atoms with Crippen LogP contribution < -0.4 is 10.1 Å². The van der Waals surface area contributed by atoms with Gasteiger partial charge in [-0.05, 0) is 31.5 Å². The van der Waals surface area contributed by atoms with Gasteiger partial charge in [-0.2, -0.15) is 0 Å². The van der Waals surface area contributed by atoms with E-state index in [1.807, 2.05) is 6.92 Å². The second-order valence-corrected chi connectivity index (χ2v) is 7.55. The van der Waals surface area contributed by atoms with Gasteiger partial charge in [0.05, 0.1) is 30.9 Å². The minimum Gasteiger partial charge on any atom is -0.486 e. The van der Waals surface area contributed by atoms with Gasteiger partial charge in [-0.15, -0.1) is 11.3 Å². The number of nitrogens with zero attached hydrogens (tertiary/aromatic N) is 2. The average molecular weight is 417 g/mol. The van der Waals surface area contributed by atoms with Crippen molar-refractivity contribution in [3.8, 4) is 5.75 Å². The number of esters is 1. The molecule has 0 aliphatic carbocycles. The lowest BCUT2D eigenvalue weighted by molar-refractivity contribution is 0.0531. The summed E-state index contributed by atoms with van der Waals surface area (Å²) < 4.78 is 30.2. The highest BCUT2D eigenvalue weighted by Gasteiger charge is 2.22. The predicted molar refractivity (Wildman–Crippen MR) is 108 cm³/mol.